The summed E-state index contributed by atoms with van der Waals surface area (Å²) in [5, 5.41) is 6.97. The number of hydrogen-bond acceptors (Lipinski definition) is 3. The maximum Gasteiger partial charge on any atom is 0.196 e. The van der Waals surface area contributed by atoms with E-state index >= 15 is 0 Å². The molecule has 0 saturated heterocycles. The monoisotopic (exact) mass is 189 g/mol. The van der Waals surface area contributed by atoms with Gasteiger partial charge in [-0.1, -0.05) is 6.07 Å². The number of hydrogen-bond donors (Lipinski definition) is 1. The van der Waals surface area contributed by atoms with Crippen molar-refractivity contribution in [1.82, 2.24) is 14.9 Å². The predicted molar refractivity (Wildman–Crippen MR) is 53.4 cm³/mol. The Morgan fingerprint density at radius 2 is 2.43 bits per heavy atom. The second-order valence-corrected chi connectivity index (χ2v) is 3.05. The molecule has 0 aromatic carbocycles. The van der Waals surface area contributed by atoms with Gasteiger partial charge in [-0.2, -0.15) is 5.10 Å². The Labute approximate surface area is 81.5 Å². The number of nitrogens with one attached hydrogen (secondary N) is 1. The van der Waals surface area contributed by atoms with Crippen molar-refractivity contribution in [3.63, 3.8) is 0 Å². The van der Waals surface area contributed by atoms with Crippen LogP contribution in [0.2, 0.25) is 0 Å². The number of aromatic nitrogens is 2. The molecule has 2 heterocycles. The van der Waals surface area contributed by atoms with Crippen LogP contribution in [0.1, 0.15) is 10.5 Å². The summed E-state index contributed by atoms with van der Waals surface area (Å²) < 4.78 is 1.70. The highest BCUT2D eigenvalue weighted by molar-refractivity contribution is 5.96. The minimum absolute atomic E-state index is 0.0104. The number of ketones is 1. The molecule has 0 aliphatic heterocycles. The summed E-state index contributed by atoms with van der Waals surface area (Å²) in [6.45, 7) is 0.323. The third kappa shape index (κ3) is 1.52. The Kier molecular flexibility index (Phi) is 2.28. The van der Waals surface area contributed by atoms with Crippen LogP contribution in [0.3, 0.4) is 0 Å². The van der Waals surface area contributed by atoms with Gasteiger partial charge >= 0.3 is 0 Å². The van der Waals surface area contributed by atoms with E-state index in [4.69, 9.17) is 0 Å². The molecule has 4 heteroatoms. The van der Waals surface area contributed by atoms with Gasteiger partial charge in [0.15, 0.2) is 5.78 Å². The van der Waals surface area contributed by atoms with Gasteiger partial charge in [0.05, 0.1) is 12.1 Å². The van der Waals surface area contributed by atoms with Crippen molar-refractivity contribution in [1.29, 1.82) is 0 Å². The van der Waals surface area contributed by atoms with Gasteiger partial charge in [0.25, 0.3) is 0 Å². The predicted octanol–water partition coefficient (Wildman–Crippen LogP) is 0.736. The molecule has 0 amide bonds. The number of pyridine rings is 1. The van der Waals surface area contributed by atoms with Crippen LogP contribution in [-0.4, -0.2) is 29.0 Å². The molecule has 0 fully saturated rings. The fourth-order valence-electron chi connectivity index (χ4n) is 1.33. The molecule has 0 aliphatic carbocycles. The maximum atomic E-state index is 11.5. The summed E-state index contributed by atoms with van der Waals surface area (Å²) in [7, 11) is 1.74. The van der Waals surface area contributed by atoms with E-state index in [-0.39, 0.29) is 5.78 Å². The van der Waals surface area contributed by atoms with E-state index in [1.807, 2.05) is 24.4 Å². The second kappa shape index (κ2) is 3.59. The van der Waals surface area contributed by atoms with Crippen molar-refractivity contribution >= 4 is 11.3 Å². The smallest absolute Gasteiger partial charge is 0.196 e. The van der Waals surface area contributed by atoms with Crippen LogP contribution >= 0.6 is 0 Å². The van der Waals surface area contributed by atoms with Gasteiger partial charge in [-0.05, 0) is 25.2 Å². The first-order chi connectivity index (χ1) is 6.81. The molecule has 2 aromatic rings. The molecule has 0 spiro atoms. The number of carbonyl (C=O) groups is 1. The van der Waals surface area contributed by atoms with E-state index in [1.165, 1.54) is 0 Å². The molecular weight excluding hydrogens is 178 g/mol. The van der Waals surface area contributed by atoms with Gasteiger partial charge in [-0.3, -0.25) is 4.79 Å². The topological polar surface area (TPSA) is 46.4 Å². The van der Waals surface area contributed by atoms with Crippen molar-refractivity contribution in [2.24, 2.45) is 0 Å². The summed E-state index contributed by atoms with van der Waals surface area (Å²) in [6, 6.07) is 7.51. The molecule has 0 saturated carbocycles. The van der Waals surface area contributed by atoms with Gasteiger partial charge in [0.2, 0.25) is 0 Å². The van der Waals surface area contributed by atoms with Crippen LogP contribution in [0.4, 0.5) is 0 Å². The first-order valence-corrected chi connectivity index (χ1v) is 4.43. The number of carbonyl (C=O) groups excluding carboxylic acids is 1. The highest BCUT2D eigenvalue weighted by atomic mass is 16.1. The fraction of sp³-hybridized carbons (Fsp3) is 0.200. The summed E-state index contributed by atoms with van der Waals surface area (Å²) >= 11 is 0. The fourth-order valence-corrected chi connectivity index (χ4v) is 1.33. The van der Waals surface area contributed by atoms with Gasteiger partial charge in [0.1, 0.15) is 5.69 Å². The lowest BCUT2D eigenvalue weighted by molar-refractivity contribution is 0.0988. The lowest BCUT2D eigenvalue weighted by Gasteiger charge is -1.92. The lowest BCUT2D eigenvalue weighted by Crippen LogP contribution is -2.18. The molecule has 0 aliphatic rings. The van der Waals surface area contributed by atoms with Gasteiger partial charge < -0.3 is 5.32 Å². The van der Waals surface area contributed by atoms with Crippen molar-refractivity contribution in [3.8, 4) is 0 Å². The summed E-state index contributed by atoms with van der Waals surface area (Å²) in [5.74, 6) is 0.0104. The second-order valence-electron chi connectivity index (χ2n) is 3.05. The molecule has 0 unspecified atom stereocenters. The summed E-state index contributed by atoms with van der Waals surface area (Å²) in [5.41, 5.74) is 1.44. The zero-order valence-electron chi connectivity index (χ0n) is 7.90. The molecular formula is C10H11N3O. The molecule has 1 N–H and O–H groups in total. The third-order valence-corrected chi connectivity index (χ3v) is 1.99. The zero-order valence-corrected chi connectivity index (χ0v) is 7.90. The van der Waals surface area contributed by atoms with Crippen molar-refractivity contribution in [2.45, 2.75) is 0 Å². The van der Waals surface area contributed by atoms with Crippen molar-refractivity contribution < 1.29 is 4.79 Å². The average molecular weight is 189 g/mol. The quantitative estimate of drug-likeness (QED) is 0.724. The first kappa shape index (κ1) is 8.90. The standard InChI is InChI=1S/C10H11N3O/c1-11-7-10(14)9-6-8-4-2-3-5-13(8)12-9/h2-6,11H,7H2,1H3. The number of Topliss-reactive ketones (excluding diaryl/α,β-unsaturated/α-hetero) is 1. The minimum Gasteiger partial charge on any atom is -0.313 e. The average Bonchev–Trinajstić information content (AvgIpc) is 2.61. The van der Waals surface area contributed by atoms with Crippen molar-refractivity contribution in [3.05, 3.63) is 36.2 Å². The van der Waals surface area contributed by atoms with Crippen LogP contribution in [0.5, 0.6) is 0 Å². The van der Waals surface area contributed by atoms with Crippen LogP contribution in [0, 0.1) is 0 Å². The van der Waals surface area contributed by atoms with E-state index in [0.29, 0.717) is 12.2 Å². The summed E-state index contributed by atoms with van der Waals surface area (Å²) in [6.07, 6.45) is 1.82. The Morgan fingerprint density at radius 1 is 1.57 bits per heavy atom. The van der Waals surface area contributed by atoms with Gasteiger partial charge in [-0.25, -0.2) is 4.52 Å². The normalized spacial score (nSPS) is 10.6. The molecule has 2 rings (SSSR count). The zero-order chi connectivity index (χ0) is 9.97. The number of likely N-dealkylation sites (N-methyl/N-ethyl adjacent to an activating group) is 1. The van der Waals surface area contributed by atoms with E-state index in [1.54, 1.807) is 17.6 Å². The Hall–Kier alpha value is -1.68. The largest absolute Gasteiger partial charge is 0.313 e. The molecule has 14 heavy (non-hydrogen) atoms. The number of rotatable bonds is 3. The van der Waals surface area contributed by atoms with Gasteiger partial charge in [-0.15, -0.1) is 0 Å². The van der Waals surface area contributed by atoms with Crippen LogP contribution in [-0.2, 0) is 0 Å². The Bertz CT molecular complexity index is 428. The van der Waals surface area contributed by atoms with Crippen molar-refractivity contribution in [2.75, 3.05) is 13.6 Å². The van der Waals surface area contributed by atoms with Crippen LogP contribution < -0.4 is 5.32 Å². The molecule has 2 aromatic heterocycles. The third-order valence-electron chi connectivity index (χ3n) is 1.99. The molecule has 72 valence electrons. The molecule has 0 atom stereocenters. The Morgan fingerprint density at radius 3 is 3.14 bits per heavy atom. The Balaban J connectivity index is 2.40. The molecule has 4 nitrogen and oxygen atoms in total. The van der Waals surface area contributed by atoms with E-state index in [2.05, 4.69) is 10.4 Å². The van der Waals surface area contributed by atoms with Crippen LogP contribution in [0.15, 0.2) is 30.5 Å². The van der Waals surface area contributed by atoms with Crippen LogP contribution in [0.25, 0.3) is 5.52 Å². The highest BCUT2D eigenvalue weighted by Gasteiger charge is 2.08. The van der Waals surface area contributed by atoms with E-state index < -0.39 is 0 Å². The van der Waals surface area contributed by atoms with Gasteiger partial charge in [0, 0.05) is 6.20 Å². The number of nitrogens with zero attached hydrogens (tertiary/aromatic N) is 2. The summed E-state index contributed by atoms with van der Waals surface area (Å²) in [4.78, 5) is 11.5. The first-order valence-electron chi connectivity index (χ1n) is 4.43. The lowest BCUT2D eigenvalue weighted by atomic mass is 10.2. The number of fused-ring (bicyclic) bond motifs is 1. The SMILES string of the molecule is CNCC(=O)c1cc2ccccn2n1. The minimum atomic E-state index is 0.0104. The molecule has 0 radical (unpaired) electrons. The van der Waals surface area contributed by atoms with E-state index in [9.17, 15) is 4.79 Å². The van der Waals surface area contributed by atoms with E-state index in [0.717, 1.165) is 5.52 Å². The molecule has 0 bridgehead atoms. The maximum absolute atomic E-state index is 11.5. The highest BCUT2D eigenvalue weighted by Crippen LogP contribution is 2.05.